The third-order valence-electron chi connectivity index (χ3n) is 6.47. The minimum absolute atomic E-state index is 0.222. The first-order valence-electron chi connectivity index (χ1n) is 13.0. The van der Waals surface area contributed by atoms with E-state index in [9.17, 15) is 43.3 Å². The molecule has 4 aromatic carbocycles. The second-order valence-corrected chi connectivity index (χ2v) is 17.1. The average Bonchev–Trinajstić information content (AvgIpc) is 3.04. The molecule has 4 aromatic rings. The Hall–Kier alpha value is -4.90. The van der Waals surface area contributed by atoms with E-state index in [4.69, 9.17) is 0 Å². The van der Waals surface area contributed by atoms with Gasteiger partial charge < -0.3 is 0 Å². The van der Waals surface area contributed by atoms with Gasteiger partial charge in [-0.1, -0.05) is 72.8 Å². The third kappa shape index (κ3) is 5.78. The summed E-state index contributed by atoms with van der Waals surface area (Å²) >= 11 is 0. The zero-order chi connectivity index (χ0) is 33.3. The quantitative estimate of drug-likeness (QED) is 0.224. The molecule has 12 nitrogen and oxygen atoms in total. The fourth-order valence-electron chi connectivity index (χ4n) is 4.35. The van der Waals surface area contributed by atoms with E-state index in [1.165, 1.54) is 72.8 Å². The molecule has 0 spiro atoms. The molecule has 1 aliphatic rings. The Morgan fingerprint density at radius 1 is 0.326 bits per heavy atom. The summed E-state index contributed by atoms with van der Waals surface area (Å²) in [5, 5.41) is 0. The summed E-state index contributed by atoms with van der Waals surface area (Å²) in [4.78, 5) is 25.2. The lowest BCUT2D eigenvalue weighted by molar-refractivity contribution is -0.116. The zero-order valence-electron chi connectivity index (χ0n) is 23.3. The highest BCUT2D eigenvalue weighted by atomic mass is 32.3. The van der Waals surface area contributed by atoms with Gasteiger partial charge in [-0.05, 0) is 48.5 Å². The second kappa shape index (κ2) is 12.1. The fourth-order valence-corrected chi connectivity index (χ4v) is 11.8. The first-order chi connectivity index (χ1) is 21.7. The summed E-state index contributed by atoms with van der Waals surface area (Å²) in [5.74, 6) is -2.96. The van der Waals surface area contributed by atoms with E-state index in [0.29, 0.717) is 0 Å². The molecule has 0 bridgehead atoms. The van der Waals surface area contributed by atoms with Crippen molar-refractivity contribution in [3.05, 3.63) is 145 Å². The number of carbonyl (C=O) groups is 2. The van der Waals surface area contributed by atoms with Crippen LogP contribution in [-0.2, 0) is 49.7 Å². The average molecular weight is 699 g/mol. The van der Waals surface area contributed by atoms with E-state index in [1.54, 1.807) is 0 Å². The number of sulfonamides is 4. The van der Waals surface area contributed by atoms with Crippen molar-refractivity contribution in [1.29, 1.82) is 0 Å². The summed E-state index contributed by atoms with van der Waals surface area (Å²) in [6.45, 7) is 0. The second-order valence-electron chi connectivity index (χ2n) is 9.45. The van der Waals surface area contributed by atoms with Crippen LogP contribution in [-0.4, -0.2) is 52.7 Å². The monoisotopic (exact) mass is 698 g/mol. The van der Waals surface area contributed by atoms with Gasteiger partial charge in [-0.2, -0.15) is 7.42 Å². The van der Waals surface area contributed by atoms with Crippen LogP contribution < -0.4 is 0 Å². The number of hydrogen-bond donors (Lipinski definition) is 0. The van der Waals surface area contributed by atoms with Crippen LogP contribution in [0.4, 0.5) is 0 Å². The first kappa shape index (κ1) is 32.5. The SMILES string of the molecule is O=C1C=C(N(S(=O)(=O)c2ccccc2)S(=O)(=O)c2ccccc2)C(=O)C=C1N(S(=O)(=O)c1ccccc1)S(=O)(=O)c1ccccc1. The molecule has 16 heteroatoms. The normalized spacial score (nSPS) is 14.3. The lowest BCUT2D eigenvalue weighted by Gasteiger charge is -2.29. The molecule has 0 heterocycles. The summed E-state index contributed by atoms with van der Waals surface area (Å²) in [5.41, 5.74) is -2.37. The van der Waals surface area contributed by atoms with Gasteiger partial charge in [0.1, 0.15) is 11.4 Å². The van der Waals surface area contributed by atoms with Crippen LogP contribution in [0.5, 0.6) is 0 Å². The van der Waals surface area contributed by atoms with Crippen LogP contribution in [0.25, 0.3) is 0 Å². The molecule has 1 aliphatic carbocycles. The zero-order valence-corrected chi connectivity index (χ0v) is 26.6. The van der Waals surface area contributed by atoms with Crippen molar-refractivity contribution >= 4 is 51.7 Å². The van der Waals surface area contributed by atoms with Gasteiger partial charge in [-0.15, -0.1) is 0 Å². The Morgan fingerprint density at radius 2 is 0.522 bits per heavy atom. The van der Waals surface area contributed by atoms with Gasteiger partial charge in [0, 0.05) is 12.2 Å². The highest BCUT2D eigenvalue weighted by Gasteiger charge is 2.46. The molecule has 236 valence electrons. The Kier molecular flexibility index (Phi) is 8.57. The Balaban J connectivity index is 1.72. The van der Waals surface area contributed by atoms with Crippen LogP contribution >= 0.6 is 0 Å². The van der Waals surface area contributed by atoms with Crippen molar-refractivity contribution < 1.29 is 43.3 Å². The van der Waals surface area contributed by atoms with E-state index in [-0.39, 0.29) is 19.6 Å². The molecule has 0 saturated heterocycles. The summed E-state index contributed by atoms with van der Waals surface area (Å²) in [6.07, 6.45) is 0.569. The van der Waals surface area contributed by atoms with Crippen LogP contribution in [0.3, 0.4) is 0 Å². The standard InChI is InChI=1S/C30H22N2O10S4/c33-29-22-28(32(45(39,40)25-17-9-3-10-18-25)46(41,42)26-19-11-4-12-20-26)30(34)21-27(29)31(43(35,36)23-13-5-1-6-14-23)44(37,38)24-15-7-2-8-16-24/h1-22H. The molecule has 0 saturated carbocycles. The van der Waals surface area contributed by atoms with Crippen molar-refractivity contribution in [3.8, 4) is 0 Å². The van der Waals surface area contributed by atoms with Crippen molar-refractivity contribution in [2.75, 3.05) is 0 Å². The molecule has 0 N–H and O–H groups in total. The maximum atomic E-state index is 13.8. The number of hydrogen-bond acceptors (Lipinski definition) is 10. The maximum absolute atomic E-state index is 13.8. The number of nitrogens with zero attached hydrogens (tertiary/aromatic N) is 2. The molecule has 0 fully saturated rings. The largest absolute Gasteiger partial charge is 0.287 e. The number of benzene rings is 4. The minimum atomic E-state index is -5.12. The highest BCUT2D eigenvalue weighted by molar-refractivity contribution is 8.04. The topological polar surface area (TPSA) is 177 Å². The van der Waals surface area contributed by atoms with E-state index in [2.05, 4.69) is 0 Å². The Morgan fingerprint density at radius 3 is 0.717 bits per heavy atom. The number of allylic oxidation sites excluding steroid dienone is 2. The van der Waals surface area contributed by atoms with Crippen LogP contribution in [0.2, 0.25) is 0 Å². The summed E-state index contributed by atoms with van der Waals surface area (Å²) in [6, 6.07) is 24.9. The third-order valence-corrected chi connectivity index (χ3v) is 14.8. The summed E-state index contributed by atoms with van der Waals surface area (Å²) < 4.78 is 110. The van der Waals surface area contributed by atoms with Crippen LogP contribution in [0.1, 0.15) is 0 Å². The molecular formula is C30H22N2O10S4. The minimum Gasteiger partial charge on any atom is -0.287 e. The van der Waals surface area contributed by atoms with Gasteiger partial charge in [0.2, 0.25) is 11.6 Å². The van der Waals surface area contributed by atoms with Crippen LogP contribution in [0.15, 0.2) is 164 Å². The molecular weight excluding hydrogens is 677 g/mol. The van der Waals surface area contributed by atoms with E-state index < -0.39 is 82.6 Å². The smallest absolute Gasteiger partial charge is 0.277 e. The van der Waals surface area contributed by atoms with Gasteiger partial charge in [0.25, 0.3) is 40.1 Å². The molecule has 0 unspecified atom stereocenters. The highest BCUT2D eigenvalue weighted by Crippen LogP contribution is 2.35. The van der Waals surface area contributed by atoms with Gasteiger partial charge in [0.05, 0.1) is 19.6 Å². The van der Waals surface area contributed by atoms with Gasteiger partial charge in [0.15, 0.2) is 0 Å². The molecule has 5 rings (SSSR count). The van der Waals surface area contributed by atoms with Crippen molar-refractivity contribution in [2.45, 2.75) is 19.6 Å². The first-order valence-corrected chi connectivity index (χ1v) is 18.8. The molecule has 0 aromatic heterocycles. The van der Waals surface area contributed by atoms with Crippen LogP contribution in [0, 0.1) is 0 Å². The van der Waals surface area contributed by atoms with E-state index >= 15 is 0 Å². The van der Waals surface area contributed by atoms with Gasteiger partial charge in [-0.3, -0.25) is 9.59 Å². The lowest BCUT2D eigenvalue weighted by atomic mass is 10.1. The molecule has 0 amide bonds. The Bertz CT molecular complexity index is 2020. The van der Waals surface area contributed by atoms with Crippen molar-refractivity contribution in [3.63, 3.8) is 0 Å². The van der Waals surface area contributed by atoms with Gasteiger partial charge in [-0.25, -0.2) is 33.7 Å². The molecule has 0 aliphatic heterocycles. The molecule has 0 radical (unpaired) electrons. The van der Waals surface area contributed by atoms with Gasteiger partial charge >= 0.3 is 0 Å². The van der Waals surface area contributed by atoms with E-state index in [1.807, 2.05) is 0 Å². The number of ketones is 2. The number of carbonyl (C=O) groups excluding carboxylic acids is 2. The molecule has 46 heavy (non-hydrogen) atoms. The summed E-state index contributed by atoms with van der Waals surface area (Å²) in [7, 11) is -20.5. The van der Waals surface area contributed by atoms with E-state index in [0.717, 1.165) is 48.5 Å². The molecule has 0 atom stereocenters. The number of rotatable bonds is 10. The van der Waals surface area contributed by atoms with Crippen molar-refractivity contribution in [2.24, 2.45) is 0 Å². The van der Waals surface area contributed by atoms with Crippen molar-refractivity contribution in [1.82, 2.24) is 7.42 Å². The predicted molar refractivity (Wildman–Crippen MR) is 164 cm³/mol. The maximum Gasteiger partial charge on any atom is 0.277 e. The Labute approximate surface area is 265 Å². The fraction of sp³-hybridized carbons (Fsp3) is 0. The predicted octanol–water partition coefficient (Wildman–Crippen LogP) is 3.07. The lowest BCUT2D eigenvalue weighted by Crippen LogP contribution is -2.43.